The van der Waals surface area contributed by atoms with Crippen LogP contribution < -0.4 is 10.2 Å². The summed E-state index contributed by atoms with van der Waals surface area (Å²) >= 11 is 0. The molecule has 2 aliphatic rings. The molecule has 148 valence electrons. The largest absolute Gasteiger partial charge is 0.378 e. The molecule has 0 amide bonds. The Labute approximate surface area is 170 Å². The number of hydrogen-bond donors (Lipinski definition) is 1. The molecule has 0 radical (unpaired) electrons. The lowest BCUT2D eigenvalue weighted by atomic mass is 10.0. The molecule has 0 bridgehead atoms. The maximum atomic E-state index is 9.15. The van der Waals surface area contributed by atoms with Gasteiger partial charge in [-0.2, -0.15) is 5.26 Å². The first kappa shape index (κ1) is 18.2. The second kappa shape index (κ2) is 7.86. The molecule has 0 spiro atoms. The van der Waals surface area contributed by atoms with Gasteiger partial charge in [0.1, 0.15) is 5.82 Å². The van der Waals surface area contributed by atoms with Crippen LogP contribution in [0.5, 0.6) is 0 Å². The van der Waals surface area contributed by atoms with Gasteiger partial charge in [-0.25, -0.2) is 4.98 Å². The van der Waals surface area contributed by atoms with Crippen LogP contribution in [0.2, 0.25) is 0 Å². The summed E-state index contributed by atoms with van der Waals surface area (Å²) in [7, 11) is 0. The number of pyridine rings is 1. The van der Waals surface area contributed by atoms with E-state index >= 15 is 0 Å². The van der Waals surface area contributed by atoms with E-state index in [1.54, 1.807) is 0 Å². The van der Waals surface area contributed by atoms with E-state index in [1.165, 1.54) is 11.9 Å². The normalized spacial score (nSPS) is 19.6. The van der Waals surface area contributed by atoms with Gasteiger partial charge in [0.2, 0.25) is 0 Å². The molecule has 6 nitrogen and oxygen atoms in total. The Kier molecular flexibility index (Phi) is 4.92. The summed E-state index contributed by atoms with van der Waals surface area (Å²) in [6.45, 7) is 6.35. The maximum absolute atomic E-state index is 9.15. The fraction of sp³-hybridized carbons (Fsp3) is 0.391. The predicted octanol–water partition coefficient (Wildman–Crippen LogP) is 3.02. The summed E-state index contributed by atoms with van der Waals surface area (Å²) in [6, 6.07) is 14.4. The summed E-state index contributed by atoms with van der Waals surface area (Å²) in [4.78, 5) is 7.40. The number of ether oxygens (including phenoxy) is 1. The highest BCUT2D eigenvalue weighted by Gasteiger charge is 2.21. The monoisotopic (exact) mass is 387 g/mol. The zero-order valence-corrected chi connectivity index (χ0v) is 16.5. The molecule has 3 aromatic rings. The molecule has 0 saturated carbocycles. The number of nitriles is 1. The van der Waals surface area contributed by atoms with E-state index in [1.807, 2.05) is 24.3 Å². The Hall–Kier alpha value is -2.88. The number of morpholine rings is 1. The van der Waals surface area contributed by atoms with Gasteiger partial charge in [0.25, 0.3) is 0 Å². The van der Waals surface area contributed by atoms with Crippen LogP contribution in [-0.2, 0) is 11.3 Å². The van der Waals surface area contributed by atoms with Crippen molar-refractivity contribution in [1.82, 2.24) is 14.9 Å². The van der Waals surface area contributed by atoms with Crippen molar-refractivity contribution in [1.29, 1.82) is 5.26 Å². The van der Waals surface area contributed by atoms with E-state index in [9.17, 15) is 0 Å². The lowest BCUT2D eigenvalue weighted by molar-refractivity contribution is 0.122. The van der Waals surface area contributed by atoms with Crippen LogP contribution in [-0.4, -0.2) is 48.9 Å². The number of aromatic nitrogens is 2. The molecule has 2 saturated heterocycles. The van der Waals surface area contributed by atoms with Crippen LogP contribution >= 0.6 is 0 Å². The molecule has 1 unspecified atom stereocenters. The third kappa shape index (κ3) is 3.59. The average molecular weight is 387 g/mol. The summed E-state index contributed by atoms with van der Waals surface area (Å²) in [5, 5.41) is 12.6. The standard InChI is InChI=1S/C23H25N5O/c24-14-17-1-3-19(4-2-17)20-13-22-21(26-23(20)27-9-11-29-12-10-27)6-8-28(22)16-18-5-7-25-15-18/h1-4,6,8,13,18,25H,5,7,9-12,15-16H2. The molecule has 1 atom stereocenters. The van der Waals surface area contributed by atoms with Crippen LogP contribution in [0.3, 0.4) is 0 Å². The third-order valence-corrected chi connectivity index (χ3v) is 5.99. The van der Waals surface area contributed by atoms with E-state index < -0.39 is 0 Å². The van der Waals surface area contributed by atoms with Gasteiger partial charge in [0.15, 0.2) is 0 Å². The molecule has 2 aliphatic heterocycles. The molecule has 2 aromatic heterocycles. The van der Waals surface area contributed by atoms with E-state index in [0.29, 0.717) is 11.5 Å². The van der Waals surface area contributed by atoms with Crippen molar-refractivity contribution in [2.45, 2.75) is 13.0 Å². The highest BCUT2D eigenvalue weighted by molar-refractivity contribution is 5.88. The van der Waals surface area contributed by atoms with Gasteiger partial charge in [-0.3, -0.25) is 0 Å². The molecule has 1 N–H and O–H groups in total. The number of hydrogen-bond acceptors (Lipinski definition) is 5. The van der Waals surface area contributed by atoms with Gasteiger partial charge in [-0.05, 0) is 55.3 Å². The number of rotatable bonds is 4. The minimum atomic E-state index is 0.669. The van der Waals surface area contributed by atoms with Crippen molar-refractivity contribution >= 4 is 16.9 Å². The van der Waals surface area contributed by atoms with Crippen molar-refractivity contribution < 1.29 is 4.74 Å². The van der Waals surface area contributed by atoms with Gasteiger partial charge < -0.3 is 19.5 Å². The van der Waals surface area contributed by atoms with Gasteiger partial charge in [0, 0.05) is 31.4 Å². The molecule has 1 aromatic carbocycles. The fourth-order valence-corrected chi connectivity index (χ4v) is 4.36. The number of nitrogens with one attached hydrogen (secondary N) is 1. The smallest absolute Gasteiger partial charge is 0.137 e. The zero-order valence-electron chi connectivity index (χ0n) is 16.5. The van der Waals surface area contributed by atoms with Gasteiger partial charge in [0.05, 0.1) is 35.9 Å². The van der Waals surface area contributed by atoms with Crippen LogP contribution in [0.25, 0.3) is 22.2 Å². The first-order valence-electron chi connectivity index (χ1n) is 10.4. The van der Waals surface area contributed by atoms with E-state index in [4.69, 9.17) is 15.0 Å². The molecule has 0 aliphatic carbocycles. The quantitative estimate of drug-likeness (QED) is 0.745. The van der Waals surface area contributed by atoms with Crippen LogP contribution in [0.1, 0.15) is 12.0 Å². The second-order valence-corrected chi connectivity index (χ2v) is 7.88. The Morgan fingerprint density at radius 2 is 2.00 bits per heavy atom. The zero-order chi connectivity index (χ0) is 19.6. The minimum absolute atomic E-state index is 0.669. The van der Waals surface area contributed by atoms with Crippen LogP contribution in [0, 0.1) is 17.2 Å². The van der Waals surface area contributed by atoms with Gasteiger partial charge >= 0.3 is 0 Å². The first-order chi connectivity index (χ1) is 14.3. The molecular formula is C23H25N5O. The number of nitrogens with zero attached hydrogens (tertiary/aromatic N) is 4. The lowest BCUT2D eigenvalue weighted by Gasteiger charge is -2.29. The molecule has 6 heteroatoms. The Bertz CT molecular complexity index is 1040. The summed E-state index contributed by atoms with van der Waals surface area (Å²) in [5.41, 5.74) is 5.10. The van der Waals surface area contributed by atoms with Crippen molar-refractivity contribution in [2.24, 2.45) is 5.92 Å². The Morgan fingerprint density at radius 3 is 2.72 bits per heavy atom. The van der Waals surface area contributed by atoms with Crippen molar-refractivity contribution in [3.05, 3.63) is 48.2 Å². The molecular weight excluding hydrogens is 362 g/mol. The highest BCUT2D eigenvalue weighted by atomic mass is 16.5. The first-order valence-corrected chi connectivity index (χ1v) is 10.4. The van der Waals surface area contributed by atoms with Crippen molar-refractivity contribution in [3.8, 4) is 17.2 Å². The van der Waals surface area contributed by atoms with Crippen LogP contribution in [0.15, 0.2) is 42.6 Å². The molecule has 2 fully saturated rings. The number of benzene rings is 1. The number of fused-ring (bicyclic) bond motifs is 1. The summed E-state index contributed by atoms with van der Waals surface area (Å²) in [5.74, 6) is 1.67. The molecule has 4 heterocycles. The topological polar surface area (TPSA) is 66.1 Å². The van der Waals surface area contributed by atoms with Crippen molar-refractivity contribution in [3.63, 3.8) is 0 Å². The fourth-order valence-electron chi connectivity index (χ4n) is 4.36. The maximum Gasteiger partial charge on any atom is 0.137 e. The average Bonchev–Trinajstić information content (AvgIpc) is 3.44. The van der Waals surface area contributed by atoms with Crippen LogP contribution in [0.4, 0.5) is 5.82 Å². The molecule has 5 rings (SSSR count). The summed E-state index contributed by atoms with van der Waals surface area (Å²) < 4.78 is 7.89. The highest BCUT2D eigenvalue weighted by Crippen LogP contribution is 2.34. The predicted molar refractivity (Wildman–Crippen MR) is 114 cm³/mol. The van der Waals surface area contributed by atoms with E-state index in [0.717, 1.165) is 68.4 Å². The van der Waals surface area contributed by atoms with Crippen molar-refractivity contribution in [2.75, 3.05) is 44.3 Å². The third-order valence-electron chi connectivity index (χ3n) is 5.99. The van der Waals surface area contributed by atoms with Gasteiger partial charge in [-0.15, -0.1) is 0 Å². The number of anilines is 1. The lowest BCUT2D eigenvalue weighted by Crippen LogP contribution is -2.37. The molecule has 29 heavy (non-hydrogen) atoms. The second-order valence-electron chi connectivity index (χ2n) is 7.88. The van der Waals surface area contributed by atoms with Gasteiger partial charge in [-0.1, -0.05) is 12.1 Å². The van der Waals surface area contributed by atoms with E-state index in [2.05, 4.69) is 39.2 Å². The minimum Gasteiger partial charge on any atom is -0.378 e. The Balaban J connectivity index is 1.60. The Morgan fingerprint density at radius 1 is 1.17 bits per heavy atom. The SMILES string of the molecule is N#Cc1ccc(-c2cc3c(ccn3CC3CCNC3)nc2N2CCOCC2)cc1. The van der Waals surface area contributed by atoms with E-state index in [-0.39, 0.29) is 0 Å². The summed E-state index contributed by atoms with van der Waals surface area (Å²) in [6.07, 6.45) is 3.39.